The molecule has 2 N–H and O–H groups in total. The molecule has 3 aromatic carbocycles. The van der Waals surface area contributed by atoms with E-state index in [9.17, 15) is 32.7 Å². The average molecular weight is 570 g/mol. The van der Waals surface area contributed by atoms with Gasteiger partial charge in [-0.25, -0.2) is 4.79 Å². The van der Waals surface area contributed by atoms with E-state index >= 15 is 0 Å². The lowest BCUT2D eigenvalue weighted by molar-refractivity contribution is -0.137. The van der Waals surface area contributed by atoms with Crippen molar-refractivity contribution < 1.29 is 37.4 Å². The Balaban J connectivity index is 1.59. The SMILES string of the molecule is CC(C)(C)OC(=O)N1CCN(C(=O)c2ccc(-c3cccc(O)c3)cc2C(=O)Nc2ccc(C(F)(F)F)cc2)CC1. The molecule has 3 aromatic rings. The number of rotatable bonds is 4. The molecule has 41 heavy (non-hydrogen) atoms. The van der Waals surface area contributed by atoms with Crippen LogP contribution in [0.1, 0.15) is 47.1 Å². The second kappa shape index (κ2) is 11.5. The zero-order chi connectivity index (χ0) is 29.9. The zero-order valence-corrected chi connectivity index (χ0v) is 22.8. The van der Waals surface area contributed by atoms with Gasteiger partial charge in [-0.15, -0.1) is 0 Å². The molecule has 1 aliphatic rings. The number of piperazine rings is 1. The highest BCUT2D eigenvalue weighted by Gasteiger charge is 2.31. The lowest BCUT2D eigenvalue weighted by Gasteiger charge is -2.35. The summed E-state index contributed by atoms with van der Waals surface area (Å²) >= 11 is 0. The number of carbonyl (C=O) groups is 3. The lowest BCUT2D eigenvalue weighted by Crippen LogP contribution is -2.51. The molecule has 1 aliphatic heterocycles. The van der Waals surface area contributed by atoms with Crippen LogP contribution in [-0.2, 0) is 10.9 Å². The molecule has 0 unspecified atom stereocenters. The quantitative estimate of drug-likeness (QED) is 0.400. The lowest BCUT2D eigenvalue weighted by atomic mass is 9.97. The number of phenols is 1. The topological polar surface area (TPSA) is 99.2 Å². The van der Waals surface area contributed by atoms with E-state index in [1.165, 1.54) is 34.1 Å². The van der Waals surface area contributed by atoms with Gasteiger partial charge >= 0.3 is 12.3 Å². The van der Waals surface area contributed by atoms with Gasteiger partial charge < -0.3 is 25.0 Å². The molecule has 216 valence electrons. The van der Waals surface area contributed by atoms with Gasteiger partial charge in [0.2, 0.25) is 0 Å². The highest BCUT2D eigenvalue weighted by molar-refractivity contribution is 6.12. The third-order valence-electron chi connectivity index (χ3n) is 6.36. The Morgan fingerprint density at radius 2 is 1.41 bits per heavy atom. The molecule has 11 heteroatoms. The van der Waals surface area contributed by atoms with Crippen molar-refractivity contribution in [1.29, 1.82) is 0 Å². The number of anilines is 1. The molecule has 1 saturated heterocycles. The molecular formula is C30H30F3N3O5. The van der Waals surface area contributed by atoms with E-state index in [1.54, 1.807) is 39.0 Å². The first-order valence-corrected chi connectivity index (χ1v) is 12.9. The minimum atomic E-state index is -4.52. The predicted molar refractivity (Wildman–Crippen MR) is 147 cm³/mol. The third kappa shape index (κ3) is 7.36. The summed E-state index contributed by atoms with van der Waals surface area (Å²) in [5.41, 5.74) is -0.160. The van der Waals surface area contributed by atoms with Crippen LogP contribution < -0.4 is 5.32 Å². The molecule has 1 heterocycles. The number of nitrogens with one attached hydrogen (secondary N) is 1. The second-order valence-electron chi connectivity index (χ2n) is 10.6. The van der Waals surface area contributed by atoms with Crippen molar-refractivity contribution in [3.05, 3.63) is 83.4 Å². The normalized spacial score (nSPS) is 14.0. The maximum Gasteiger partial charge on any atom is 0.416 e. The summed E-state index contributed by atoms with van der Waals surface area (Å²) in [5, 5.41) is 12.5. The molecule has 8 nitrogen and oxygen atoms in total. The minimum Gasteiger partial charge on any atom is -0.508 e. The monoisotopic (exact) mass is 569 g/mol. The summed E-state index contributed by atoms with van der Waals surface area (Å²) < 4.78 is 44.3. The van der Waals surface area contributed by atoms with Crippen molar-refractivity contribution >= 4 is 23.6 Å². The van der Waals surface area contributed by atoms with Crippen LogP contribution in [0.15, 0.2) is 66.7 Å². The first-order valence-electron chi connectivity index (χ1n) is 12.9. The number of carbonyl (C=O) groups excluding carboxylic acids is 3. The number of ether oxygens (including phenoxy) is 1. The number of nitrogens with zero attached hydrogens (tertiary/aromatic N) is 2. The number of hydrogen-bond donors (Lipinski definition) is 2. The number of phenolic OH excluding ortho intramolecular Hbond substituents is 1. The molecule has 0 atom stereocenters. The van der Waals surface area contributed by atoms with Crippen molar-refractivity contribution in [3.8, 4) is 16.9 Å². The highest BCUT2D eigenvalue weighted by Crippen LogP contribution is 2.31. The fraction of sp³-hybridized carbons (Fsp3) is 0.300. The van der Waals surface area contributed by atoms with Crippen molar-refractivity contribution in [1.82, 2.24) is 9.80 Å². The van der Waals surface area contributed by atoms with E-state index in [0.29, 0.717) is 11.1 Å². The largest absolute Gasteiger partial charge is 0.508 e. The Hall–Kier alpha value is -4.54. The van der Waals surface area contributed by atoms with Crippen molar-refractivity contribution in [2.45, 2.75) is 32.5 Å². The highest BCUT2D eigenvalue weighted by atomic mass is 19.4. The predicted octanol–water partition coefficient (Wildman–Crippen LogP) is 6.02. The molecule has 0 spiro atoms. The fourth-order valence-electron chi connectivity index (χ4n) is 4.31. The number of benzene rings is 3. The Morgan fingerprint density at radius 1 is 0.805 bits per heavy atom. The van der Waals surface area contributed by atoms with Gasteiger partial charge in [-0.3, -0.25) is 9.59 Å². The maximum atomic E-state index is 13.6. The van der Waals surface area contributed by atoms with Crippen LogP contribution >= 0.6 is 0 Å². The second-order valence-corrected chi connectivity index (χ2v) is 10.6. The van der Waals surface area contributed by atoms with E-state index in [4.69, 9.17) is 4.74 Å². The first kappa shape index (κ1) is 29.4. The van der Waals surface area contributed by atoms with Crippen molar-refractivity contribution in [3.63, 3.8) is 0 Å². The Kier molecular flexibility index (Phi) is 8.27. The standard InChI is InChI=1S/C30H30F3N3O5/c1-29(2,3)41-28(40)36-15-13-35(14-16-36)27(39)24-12-7-20(19-5-4-6-23(37)17-19)18-25(24)26(38)34-22-10-8-21(9-11-22)30(31,32)33/h4-12,17-18,37H,13-16H2,1-3H3,(H,34,38). The van der Waals surface area contributed by atoms with Crippen LogP contribution in [0, 0.1) is 0 Å². The van der Waals surface area contributed by atoms with E-state index in [1.807, 2.05) is 0 Å². The van der Waals surface area contributed by atoms with E-state index < -0.39 is 35.2 Å². The van der Waals surface area contributed by atoms with Gasteiger partial charge in [0.05, 0.1) is 16.7 Å². The van der Waals surface area contributed by atoms with E-state index in [2.05, 4.69) is 5.32 Å². The van der Waals surface area contributed by atoms with Gasteiger partial charge in [0, 0.05) is 31.9 Å². The average Bonchev–Trinajstić information content (AvgIpc) is 2.91. The Labute approximate surface area is 235 Å². The molecule has 3 amide bonds. The number of alkyl halides is 3. The number of amides is 3. The smallest absolute Gasteiger partial charge is 0.416 e. The summed E-state index contributed by atoms with van der Waals surface area (Å²) in [6, 6.07) is 15.0. The molecule has 0 saturated carbocycles. The third-order valence-corrected chi connectivity index (χ3v) is 6.36. The number of halogens is 3. The van der Waals surface area contributed by atoms with Gasteiger partial charge in [0.15, 0.2) is 0 Å². The first-order chi connectivity index (χ1) is 19.2. The minimum absolute atomic E-state index is 0.00492. The van der Waals surface area contributed by atoms with E-state index in [0.717, 1.165) is 24.3 Å². The number of aromatic hydroxyl groups is 1. The van der Waals surface area contributed by atoms with Gasteiger partial charge in [-0.2, -0.15) is 13.2 Å². The number of hydrogen-bond acceptors (Lipinski definition) is 5. The Morgan fingerprint density at radius 3 is 2.00 bits per heavy atom. The molecule has 4 rings (SSSR count). The van der Waals surface area contributed by atoms with Gasteiger partial charge in [-0.05, 0) is 80.4 Å². The van der Waals surface area contributed by atoms with Gasteiger partial charge in [0.25, 0.3) is 11.8 Å². The molecule has 0 radical (unpaired) electrons. The van der Waals surface area contributed by atoms with Gasteiger partial charge in [0.1, 0.15) is 11.4 Å². The van der Waals surface area contributed by atoms with E-state index in [-0.39, 0.29) is 48.7 Å². The molecule has 0 aliphatic carbocycles. The van der Waals surface area contributed by atoms with Crippen LogP contribution in [0.25, 0.3) is 11.1 Å². The molecular weight excluding hydrogens is 539 g/mol. The van der Waals surface area contributed by atoms with Crippen LogP contribution in [0.5, 0.6) is 5.75 Å². The van der Waals surface area contributed by atoms with Crippen LogP contribution in [0.2, 0.25) is 0 Å². The summed E-state index contributed by atoms with van der Waals surface area (Å²) in [7, 11) is 0. The van der Waals surface area contributed by atoms with Gasteiger partial charge in [-0.1, -0.05) is 18.2 Å². The van der Waals surface area contributed by atoms with Crippen LogP contribution in [-0.4, -0.2) is 64.6 Å². The summed E-state index contributed by atoms with van der Waals surface area (Å²) in [6.45, 7) is 6.22. The summed E-state index contributed by atoms with van der Waals surface area (Å²) in [6.07, 6.45) is -5.00. The maximum absolute atomic E-state index is 13.6. The van der Waals surface area contributed by atoms with Crippen LogP contribution in [0.3, 0.4) is 0 Å². The fourth-order valence-corrected chi connectivity index (χ4v) is 4.31. The molecule has 0 bridgehead atoms. The molecule has 1 fully saturated rings. The Bertz CT molecular complexity index is 1440. The summed E-state index contributed by atoms with van der Waals surface area (Å²) in [5.74, 6) is -1.11. The summed E-state index contributed by atoms with van der Waals surface area (Å²) in [4.78, 5) is 42.4. The van der Waals surface area contributed by atoms with Crippen molar-refractivity contribution in [2.75, 3.05) is 31.5 Å². The van der Waals surface area contributed by atoms with Crippen molar-refractivity contribution in [2.24, 2.45) is 0 Å². The molecule has 0 aromatic heterocycles. The zero-order valence-electron chi connectivity index (χ0n) is 22.8. The van der Waals surface area contributed by atoms with Crippen LogP contribution in [0.4, 0.5) is 23.7 Å².